The second-order valence-corrected chi connectivity index (χ2v) is 9.99. The fourth-order valence-electron chi connectivity index (χ4n) is 5.70. The molecule has 0 amide bonds. The van der Waals surface area contributed by atoms with E-state index in [9.17, 15) is 4.79 Å². The average molecular weight is 459 g/mol. The van der Waals surface area contributed by atoms with Gasteiger partial charge in [0, 0.05) is 5.57 Å². The Bertz CT molecular complexity index is 974. The molecular weight excluding hydrogens is 420 g/mol. The first-order chi connectivity index (χ1) is 16.3. The molecule has 0 aliphatic heterocycles. The van der Waals surface area contributed by atoms with Crippen molar-refractivity contribution in [3.63, 3.8) is 0 Å². The lowest BCUT2D eigenvalue weighted by Crippen LogP contribution is -2.50. The zero-order valence-electron chi connectivity index (χ0n) is 20.6. The Hall–Kier alpha value is -3.07. The van der Waals surface area contributed by atoms with Gasteiger partial charge in [0.2, 0.25) is 0 Å². The summed E-state index contributed by atoms with van der Waals surface area (Å²) < 4.78 is 5.65. The van der Waals surface area contributed by atoms with Crippen molar-refractivity contribution in [3.8, 4) is 5.75 Å². The number of rotatable bonds is 4. The van der Waals surface area contributed by atoms with E-state index in [-0.39, 0.29) is 12.1 Å². The summed E-state index contributed by atoms with van der Waals surface area (Å²) >= 11 is 0. The van der Waals surface area contributed by atoms with Gasteiger partial charge in [-0.2, -0.15) is 0 Å². The van der Waals surface area contributed by atoms with Crippen molar-refractivity contribution in [2.24, 2.45) is 23.7 Å². The van der Waals surface area contributed by atoms with E-state index < -0.39 is 0 Å². The van der Waals surface area contributed by atoms with Crippen LogP contribution in [0.4, 0.5) is 0 Å². The van der Waals surface area contributed by atoms with Crippen LogP contribution in [0.5, 0.6) is 5.75 Å². The quantitative estimate of drug-likeness (QED) is 0.379. The van der Waals surface area contributed by atoms with Crippen LogP contribution in [0.2, 0.25) is 0 Å². The standard InChI is InChI=1S/C14H20O2.C9H10.C8H8O/c1-8(2)14(15)16-13-11-4-9-3-10(6-11)7-12(13)5-9;1-3-9-6-4-5-8(2)7-9;1-2-7-3-5-8(9)6-4-7/h9-13H,1,3-7H2,2H3;3-7H,1H2,2H3;2-6,9H,1H2. The molecular formula is C31H38O3. The molecule has 3 heteroatoms. The molecule has 4 aliphatic rings. The number of benzene rings is 2. The second kappa shape index (κ2) is 11.9. The normalized spacial score (nSPS) is 25.6. The van der Waals surface area contributed by atoms with E-state index in [1.165, 1.54) is 43.2 Å². The molecule has 4 saturated carbocycles. The van der Waals surface area contributed by atoms with E-state index in [2.05, 4.69) is 38.8 Å². The van der Waals surface area contributed by atoms with Crippen LogP contribution >= 0.6 is 0 Å². The maximum Gasteiger partial charge on any atom is 0.333 e. The maximum atomic E-state index is 11.6. The number of carbonyl (C=O) groups is 1. The lowest BCUT2D eigenvalue weighted by molar-refractivity contribution is -0.166. The molecule has 34 heavy (non-hydrogen) atoms. The lowest BCUT2D eigenvalue weighted by Gasteiger charge is -2.53. The lowest BCUT2D eigenvalue weighted by atomic mass is 9.55. The number of hydrogen-bond donors (Lipinski definition) is 1. The summed E-state index contributed by atoms with van der Waals surface area (Å²) in [5.41, 5.74) is 4.03. The SMILES string of the molecule is C=C(C)C(=O)OC1C2CC3CC(C2)CC1C3.C=Cc1ccc(O)cc1.C=Cc1cccc(C)c1. The Balaban J connectivity index is 0.000000155. The van der Waals surface area contributed by atoms with E-state index in [1.807, 2.05) is 30.3 Å². The first-order valence-corrected chi connectivity index (χ1v) is 12.3. The summed E-state index contributed by atoms with van der Waals surface area (Å²) in [5.74, 6) is 3.28. The van der Waals surface area contributed by atoms with Crippen molar-refractivity contribution in [2.75, 3.05) is 0 Å². The predicted molar refractivity (Wildman–Crippen MR) is 141 cm³/mol. The number of carbonyl (C=O) groups excluding carboxylic acids is 1. The third-order valence-corrected chi connectivity index (χ3v) is 7.14. The molecule has 4 bridgehead atoms. The topological polar surface area (TPSA) is 46.5 Å². The van der Waals surface area contributed by atoms with Gasteiger partial charge < -0.3 is 9.84 Å². The summed E-state index contributed by atoms with van der Waals surface area (Å²) in [7, 11) is 0. The van der Waals surface area contributed by atoms with Crippen molar-refractivity contribution in [1.82, 2.24) is 0 Å². The van der Waals surface area contributed by atoms with Crippen LogP contribution in [-0.4, -0.2) is 17.2 Å². The van der Waals surface area contributed by atoms with Crippen LogP contribution in [0, 0.1) is 30.6 Å². The summed E-state index contributed by atoms with van der Waals surface area (Å²) in [4.78, 5) is 11.6. The molecule has 0 atom stereocenters. The minimum atomic E-state index is -0.183. The van der Waals surface area contributed by atoms with Crippen molar-refractivity contribution in [1.29, 1.82) is 0 Å². The van der Waals surface area contributed by atoms with Gasteiger partial charge in [-0.1, -0.05) is 73.9 Å². The highest BCUT2D eigenvalue weighted by atomic mass is 16.5. The smallest absolute Gasteiger partial charge is 0.333 e. The Labute approximate surface area is 204 Å². The highest BCUT2D eigenvalue weighted by Crippen LogP contribution is 2.54. The maximum absolute atomic E-state index is 11.6. The number of phenols is 1. The van der Waals surface area contributed by atoms with Gasteiger partial charge in [0.15, 0.2) is 0 Å². The number of phenolic OH excluding ortho intramolecular Hbond substituents is 1. The van der Waals surface area contributed by atoms with Gasteiger partial charge in [0.1, 0.15) is 11.9 Å². The Kier molecular flexibility index (Phi) is 8.92. The minimum Gasteiger partial charge on any atom is -0.508 e. The van der Waals surface area contributed by atoms with E-state index >= 15 is 0 Å². The van der Waals surface area contributed by atoms with Gasteiger partial charge in [-0.3, -0.25) is 0 Å². The van der Waals surface area contributed by atoms with Crippen LogP contribution in [0.25, 0.3) is 12.2 Å². The predicted octanol–water partition coefficient (Wildman–Crippen LogP) is 7.60. The minimum absolute atomic E-state index is 0.183. The molecule has 0 heterocycles. The molecule has 4 fully saturated rings. The molecule has 2 aromatic carbocycles. The molecule has 0 radical (unpaired) electrons. The summed E-state index contributed by atoms with van der Waals surface area (Å²) in [6, 6.07) is 15.1. The van der Waals surface area contributed by atoms with Crippen LogP contribution in [0.15, 0.2) is 73.8 Å². The van der Waals surface area contributed by atoms with E-state index in [0.29, 0.717) is 23.2 Å². The van der Waals surface area contributed by atoms with E-state index in [1.54, 1.807) is 25.1 Å². The largest absolute Gasteiger partial charge is 0.508 e. The summed E-state index contributed by atoms with van der Waals surface area (Å²) in [6.07, 6.45) is 10.4. The molecule has 4 aliphatic carbocycles. The van der Waals surface area contributed by atoms with Crippen molar-refractivity contribution >= 4 is 18.1 Å². The Morgan fingerprint density at radius 3 is 1.91 bits per heavy atom. The van der Waals surface area contributed by atoms with Gasteiger partial charge in [0.05, 0.1) is 0 Å². The van der Waals surface area contributed by atoms with Crippen LogP contribution in [-0.2, 0) is 9.53 Å². The zero-order valence-corrected chi connectivity index (χ0v) is 20.6. The van der Waals surface area contributed by atoms with Crippen molar-refractivity contribution < 1.29 is 14.6 Å². The van der Waals surface area contributed by atoms with Gasteiger partial charge in [-0.05, 0) is 92.9 Å². The van der Waals surface area contributed by atoms with Crippen LogP contribution < -0.4 is 0 Å². The molecule has 3 nitrogen and oxygen atoms in total. The first kappa shape index (κ1) is 25.6. The number of esters is 1. The van der Waals surface area contributed by atoms with Gasteiger partial charge >= 0.3 is 5.97 Å². The summed E-state index contributed by atoms with van der Waals surface area (Å²) in [5, 5.41) is 8.82. The van der Waals surface area contributed by atoms with Gasteiger partial charge in [0.25, 0.3) is 0 Å². The average Bonchev–Trinajstić information content (AvgIpc) is 2.82. The number of aryl methyl sites for hydroxylation is 1. The fraction of sp³-hybridized carbons (Fsp3) is 0.387. The fourth-order valence-corrected chi connectivity index (χ4v) is 5.70. The zero-order chi connectivity index (χ0) is 24.7. The van der Waals surface area contributed by atoms with Gasteiger partial charge in [-0.15, -0.1) is 0 Å². The Morgan fingerprint density at radius 1 is 0.912 bits per heavy atom. The van der Waals surface area contributed by atoms with Gasteiger partial charge in [-0.25, -0.2) is 4.79 Å². The monoisotopic (exact) mass is 458 g/mol. The molecule has 0 saturated heterocycles. The molecule has 0 unspecified atom stereocenters. The molecule has 2 aromatic rings. The molecule has 180 valence electrons. The third-order valence-electron chi connectivity index (χ3n) is 7.14. The second-order valence-electron chi connectivity index (χ2n) is 9.99. The number of hydrogen-bond acceptors (Lipinski definition) is 3. The third kappa shape index (κ3) is 6.96. The highest BCUT2D eigenvalue weighted by Gasteiger charge is 2.49. The van der Waals surface area contributed by atoms with E-state index in [4.69, 9.17) is 9.84 Å². The highest BCUT2D eigenvalue weighted by molar-refractivity contribution is 5.87. The van der Waals surface area contributed by atoms with E-state index in [0.717, 1.165) is 17.4 Å². The molecule has 0 spiro atoms. The summed E-state index contributed by atoms with van der Waals surface area (Å²) in [6.45, 7) is 14.7. The molecule has 1 N–H and O–H groups in total. The molecule has 6 rings (SSSR count). The van der Waals surface area contributed by atoms with Crippen molar-refractivity contribution in [2.45, 2.75) is 52.1 Å². The number of aromatic hydroxyl groups is 1. The van der Waals surface area contributed by atoms with Crippen molar-refractivity contribution in [3.05, 3.63) is 90.5 Å². The van der Waals surface area contributed by atoms with Crippen LogP contribution in [0.1, 0.15) is 55.7 Å². The first-order valence-electron chi connectivity index (χ1n) is 12.3. The van der Waals surface area contributed by atoms with Crippen LogP contribution in [0.3, 0.4) is 0 Å². The Morgan fingerprint density at radius 2 is 1.47 bits per heavy atom. The number of ether oxygens (including phenoxy) is 1. The molecule has 0 aromatic heterocycles.